The van der Waals surface area contributed by atoms with Gasteiger partial charge in [0, 0.05) is 0 Å². The first-order chi connectivity index (χ1) is 9.17. The molecule has 6 heteroatoms. The van der Waals surface area contributed by atoms with Gasteiger partial charge < -0.3 is 15.2 Å². The number of nitrogens with one attached hydrogen (secondary N) is 1. The molecule has 1 unspecified atom stereocenters. The zero-order valence-corrected chi connectivity index (χ0v) is 12.1. The van der Waals surface area contributed by atoms with Crippen LogP contribution in [0.5, 0.6) is 0 Å². The molecule has 5 nitrogen and oxygen atoms in total. The van der Waals surface area contributed by atoms with E-state index in [0.29, 0.717) is 19.3 Å². The standard InChI is InChI=1S/C14H22FNO4/c1-14(2,3)20-13(19)16-11(12(17)18)8-9-4-6-10(15)7-5-9/h6,9,11H,4-5,7-8H2,1-3H3,(H,16,19)(H,17,18)/t9?,11-/m0/s1. The van der Waals surface area contributed by atoms with Gasteiger partial charge in [-0.15, -0.1) is 0 Å². The number of carbonyl (C=O) groups excluding carboxylic acids is 1. The molecule has 114 valence electrons. The smallest absolute Gasteiger partial charge is 0.408 e. The third kappa shape index (κ3) is 6.04. The lowest BCUT2D eigenvalue weighted by atomic mass is 9.88. The summed E-state index contributed by atoms with van der Waals surface area (Å²) in [5, 5.41) is 11.5. The van der Waals surface area contributed by atoms with Crippen molar-refractivity contribution in [2.45, 2.75) is 58.1 Å². The molecule has 0 bridgehead atoms. The van der Waals surface area contributed by atoms with E-state index in [0.717, 1.165) is 0 Å². The van der Waals surface area contributed by atoms with Crippen molar-refractivity contribution in [3.63, 3.8) is 0 Å². The highest BCUT2D eigenvalue weighted by Crippen LogP contribution is 2.27. The van der Waals surface area contributed by atoms with Gasteiger partial charge in [0.15, 0.2) is 0 Å². The number of halogens is 1. The molecule has 2 N–H and O–H groups in total. The second-order valence-electron chi connectivity index (χ2n) is 6.06. The number of allylic oxidation sites excluding steroid dienone is 2. The molecule has 1 rings (SSSR count). The summed E-state index contributed by atoms with van der Waals surface area (Å²) in [6, 6.07) is -1.01. The highest BCUT2D eigenvalue weighted by molar-refractivity contribution is 5.80. The first-order valence-corrected chi connectivity index (χ1v) is 6.74. The van der Waals surface area contributed by atoms with Gasteiger partial charge in [-0.2, -0.15) is 0 Å². The van der Waals surface area contributed by atoms with Gasteiger partial charge in [-0.1, -0.05) is 6.08 Å². The first-order valence-electron chi connectivity index (χ1n) is 6.74. The number of alkyl carbamates (subject to hydrolysis) is 1. The third-order valence-corrected chi connectivity index (χ3v) is 3.02. The molecule has 1 aliphatic rings. The molecule has 0 aromatic rings. The van der Waals surface area contributed by atoms with Gasteiger partial charge in [-0.25, -0.2) is 14.0 Å². The van der Waals surface area contributed by atoms with Gasteiger partial charge in [0.2, 0.25) is 0 Å². The van der Waals surface area contributed by atoms with Crippen LogP contribution in [0.1, 0.15) is 46.5 Å². The Morgan fingerprint density at radius 2 is 2.20 bits per heavy atom. The molecule has 0 aliphatic heterocycles. The van der Waals surface area contributed by atoms with Crippen molar-refractivity contribution in [1.82, 2.24) is 5.32 Å². The second-order valence-corrected chi connectivity index (χ2v) is 6.06. The molecular formula is C14H22FNO4. The lowest BCUT2D eigenvalue weighted by molar-refractivity contribution is -0.140. The quantitative estimate of drug-likeness (QED) is 0.833. The van der Waals surface area contributed by atoms with Crippen LogP contribution in [0.15, 0.2) is 11.9 Å². The zero-order valence-electron chi connectivity index (χ0n) is 12.1. The van der Waals surface area contributed by atoms with Crippen molar-refractivity contribution in [3.05, 3.63) is 11.9 Å². The summed E-state index contributed by atoms with van der Waals surface area (Å²) in [6.45, 7) is 5.12. The van der Waals surface area contributed by atoms with Crippen molar-refractivity contribution in [1.29, 1.82) is 0 Å². The van der Waals surface area contributed by atoms with Crippen LogP contribution in [0.4, 0.5) is 9.18 Å². The molecule has 0 saturated heterocycles. The number of aliphatic carboxylic acids is 1. The number of ether oxygens (including phenoxy) is 1. The van der Waals surface area contributed by atoms with Gasteiger partial charge in [0.1, 0.15) is 11.6 Å². The molecule has 0 saturated carbocycles. The third-order valence-electron chi connectivity index (χ3n) is 3.02. The first kappa shape index (κ1) is 16.5. The van der Waals surface area contributed by atoms with Crippen LogP contribution in [-0.4, -0.2) is 28.8 Å². The van der Waals surface area contributed by atoms with Crippen molar-refractivity contribution in [2.24, 2.45) is 5.92 Å². The maximum atomic E-state index is 12.9. The van der Waals surface area contributed by atoms with Crippen LogP contribution in [0, 0.1) is 5.92 Å². The molecule has 1 amide bonds. The molecule has 0 heterocycles. The number of amides is 1. The molecule has 0 radical (unpaired) electrons. The topological polar surface area (TPSA) is 75.6 Å². The fraction of sp³-hybridized carbons (Fsp3) is 0.714. The van der Waals surface area contributed by atoms with E-state index in [1.807, 2.05) is 0 Å². The highest BCUT2D eigenvalue weighted by atomic mass is 19.1. The Kier molecular flexibility index (Phi) is 5.53. The molecule has 0 fully saturated rings. The Labute approximate surface area is 118 Å². The minimum atomic E-state index is -1.11. The lowest BCUT2D eigenvalue weighted by Crippen LogP contribution is -2.44. The maximum Gasteiger partial charge on any atom is 0.408 e. The minimum Gasteiger partial charge on any atom is -0.480 e. The molecule has 0 aromatic carbocycles. The van der Waals surface area contributed by atoms with Gasteiger partial charge in [-0.3, -0.25) is 0 Å². The van der Waals surface area contributed by atoms with Crippen LogP contribution in [-0.2, 0) is 9.53 Å². The summed E-state index contributed by atoms with van der Waals surface area (Å²) < 4.78 is 17.9. The van der Waals surface area contributed by atoms with Crippen molar-refractivity contribution < 1.29 is 23.8 Å². The lowest BCUT2D eigenvalue weighted by Gasteiger charge is -2.25. The van der Waals surface area contributed by atoms with Crippen LogP contribution < -0.4 is 5.32 Å². The molecular weight excluding hydrogens is 265 g/mol. The Morgan fingerprint density at radius 3 is 2.65 bits per heavy atom. The number of carbonyl (C=O) groups is 2. The summed E-state index contributed by atoms with van der Waals surface area (Å²) in [5.41, 5.74) is -0.677. The average Bonchev–Trinajstić information content (AvgIpc) is 2.28. The van der Waals surface area contributed by atoms with Gasteiger partial charge in [-0.05, 0) is 52.4 Å². The highest BCUT2D eigenvalue weighted by Gasteiger charge is 2.27. The number of rotatable bonds is 4. The Bertz CT molecular complexity index is 400. The van der Waals surface area contributed by atoms with Crippen LogP contribution in [0.2, 0.25) is 0 Å². The van der Waals surface area contributed by atoms with Crippen molar-refractivity contribution >= 4 is 12.1 Å². The summed E-state index contributed by atoms with van der Waals surface area (Å²) in [4.78, 5) is 22.8. The average molecular weight is 287 g/mol. The second kappa shape index (κ2) is 6.72. The number of hydrogen-bond acceptors (Lipinski definition) is 3. The summed E-state index contributed by atoms with van der Waals surface area (Å²) in [7, 11) is 0. The van der Waals surface area contributed by atoms with E-state index in [1.165, 1.54) is 6.08 Å². The van der Waals surface area contributed by atoms with Crippen LogP contribution in [0.3, 0.4) is 0 Å². The van der Waals surface area contributed by atoms with Gasteiger partial charge >= 0.3 is 12.1 Å². The van der Waals surface area contributed by atoms with Gasteiger partial charge in [0.25, 0.3) is 0 Å². The van der Waals surface area contributed by atoms with E-state index < -0.39 is 23.7 Å². The minimum absolute atomic E-state index is 0.0607. The predicted molar refractivity (Wildman–Crippen MR) is 71.9 cm³/mol. The molecule has 1 aliphatic carbocycles. The van der Waals surface area contributed by atoms with E-state index in [1.54, 1.807) is 20.8 Å². The zero-order chi connectivity index (χ0) is 15.3. The number of hydrogen-bond donors (Lipinski definition) is 2. The number of carboxylic acid groups (broad SMARTS) is 1. The molecule has 0 aromatic heterocycles. The summed E-state index contributed by atoms with van der Waals surface area (Å²) >= 11 is 0. The normalized spacial score (nSPS) is 20.8. The Hall–Kier alpha value is -1.59. The maximum absolute atomic E-state index is 12.9. The summed E-state index contributed by atoms with van der Waals surface area (Å²) in [6.07, 6.45) is 2.46. The van der Waals surface area contributed by atoms with E-state index >= 15 is 0 Å². The van der Waals surface area contributed by atoms with Crippen molar-refractivity contribution in [3.8, 4) is 0 Å². The summed E-state index contributed by atoms with van der Waals surface area (Å²) in [5.74, 6) is -1.19. The molecule has 2 atom stereocenters. The molecule has 20 heavy (non-hydrogen) atoms. The van der Waals surface area contributed by atoms with E-state index in [9.17, 15) is 14.0 Å². The van der Waals surface area contributed by atoms with E-state index in [4.69, 9.17) is 9.84 Å². The number of carboxylic acids is 1. The van der Waals surface area contributed by atoms with Crippen molar-refractivity contribution in [2.75, 3.05) is 0 Å². The SMILES string of the molecule is CC(C)(C)OC(=O)N[C@@H](CC1CC=C(F)CC1)C(=O)O. The largest absolute Gasteiger partial charge is 0.480 e. The Balaban J connectivity index is 2.53. The monoisotopic (exact) mass is 287 g/mol. The fourth-order valence-corrected chi connectivity index (χ4v) is 2.08. The van der Waals surface area contributed by atoms with Crippen LogP contribution in [0.25, 0.3) is 0 Å². The fourth-order valence-electron chi connectivity index (χ4n) is 2.08. The van der Waals surface area contributed by atoms with E-state index in [-0.39, 0.29) is 18.2 Å². The van der Waals surface area contributed by atoms with E-state index in [2.05, 4.69) is 5.32 Å². The van der Waals surface area contributed by atoms with Gasteiger partial charge in [0.05, 0.1) is 5.83 Å². The molecule has 0 spiro atoms. The van der Waals surface area contributed by atoms with Crippen LogP contribution >= 0.6 is 0 Å². The Morgan fingerprint density at radius 1 is 1.55 bits per heavy atom. The predicted octanol–water partition coefficient (Wildman–Crippen LogP) is 3.01.